The second-order valence-corrected chi connectivity index (χ2v) is 8.15. The van der Waals surface area contributed by atoms with Crippen LogP contribution in [0, 0.1) is 23.1 Å². The Balaban J connectivity index is 1.88. The number of amides is 2. The lowest BCUT2D eigenvalue weighted by Crippen LogP contribution is -2.44. The number of hydrogen-bond donors (Lipinski definition) is 2. The number of allylic oxidation sites excluding steroid dienone is 1. The predicted molar refractivity (Wildman–Crippen MR) is 124 cm³/mol. The van der Waals surface area contributed by atoms with E-state index in [2.05, 4.69) is 16.7 Å². The summed E-state index contributed by atoms with van der Waals surface area (Å²) in [6.07, 6.45) is 0. The number of methoxy groups -OCH3 is 1. The number of thioether (sulfide) groups is 1. The van der Waals surface area contributed by atoms with Gasteiger partial charge < -0.3 is 20.1 Å². The minimum absolute atomic E-state index is 0.128. The molecule has 2 N–H and O–H groups in total. The van der Waals surface area contributed by atoms with Crippen LogP contribution >= 0.6 is 11.8 Å². The fraction of sp³-hybridized carbons (Fsp3) is 0.250. The molecule has 0 aromatic heterocycles. The number of rotatable bonds is 8. The van der Waals surface area contributed by atoms with Gasteiger partial charge in [0.15, 0.2) is 0 Å². The first kappa shape index (κ1) is 24.8. The number of nitriles is 1. The van der Waals surface area contributed by atoms with Gasteiger partial charge in [-0.15, -0.1) is 0 Å². The van der Waals surface area contributed by atoms with Gasteiger partial charge in [0.2, 0.25) is 11.8 Å². The van der Waals surface area contributed by atoms with E-state index in [4.69, 9.17) is 9.47 Å². The highest BCUT2D eigenvalue weighted by molar-refractivity contribution is 8.03. The normalized spacial score (nSPS) is 17.4. The Kier molecular flexibility index (Phi) is 8.27. The van der Waals surface area contributed by atoms with Crippen LogP contribution in [0.15, 0.2) is 59.1 Å². The van der Waals surface area contributed by atoms with Gasteiger partial charge in [-0.25, -0.2) is 4.39 Å². The topological polar surface area (TPSA) is 118 Å². The molecule has 176 valence electrons. The lowest BCUT2D eigenvalue weighted by molar-refractivity contribution is -0.150. The van der Waals surface area contributed by atoms with Crippen molar-refractivity contribution in [3.63, 3.8) is 0 Å². The van der Waals surface area contributed by atoms with Gasteiger partial charge in [-0.1, -0.05) is 23.9 Å². The fourth-order valence-electron chi connectivity index (χ4n) is 3.49. The van der Waals surface area contributed by atoms with E-state index in [9.17, 15) is 24.0 Å². The molecule has 2 aromatic rings. The van der Waals surface area contributed by atoms with E-state index in [0.717, 1.165) is 11.8 Å². The Bertz CT molecular complexity index is 1140. The van der Waals surface area contributed by atoms with Crippen LogP contribution in [0.2, 0.25) is 0 Å². The molecule has 0 saturated carbocycles. The SMILES string of the molecule is CCOc1ccc(C2C(C#N)=C(SCC(=O)Nc3ccc(F)cc3)NC(=O)C2C(=O)OC)cc1. The molecule has 2 unspecified atom stereocenters. The van der Waals surface area contributed by atoms with Crippen molar-refractivity contribution in [1.82, 2.24) is 5.32 Å². The number of carbonyl (C=O) groups excluding carboxylic acids is 3. The molecule has 1 heterocycles. The highest BCUT2D eigenvalue weighted by Gasteiger charge is 2.44. The van der Waals surface area contributed by atoms with Gasteiger partial charge >= 0.3 is 5.97 Å². The van der Waals surface area contributed by atoms with Crippen LogP contribution in [-0.2, 0) is 19.1 Å². The monoisotopic (exact) mass is 483 g/mol. The number of nitrogens with zero attached hydrogens (tertiary/aromatic N) is 1. The fourth-order valence-corrected chi connectivity index (χ4v) is 4.33. The molecular weight excluding hydrogens is 461 g/mol. The summed E-state index contributed by atoms with van der Waals surface area (Å²) in [6.45, 7) is 2.32. The van der Waals surface area contributed by atoms with Crippen LogP contribution in [0.25, 0.3) is 0 Å². The van der Waals surface area contributed by atoms with E-state index in [1.165, 1.54) is 31.4 Å². The van der Waals surface area contributed by atoms with Crippen LogP contribution in [-0.4, -0.2) is 37.3 Å². The molecule has 1 aliphatic rings. The van der Waals surface area contributed by atoms with Gasteiger partial charge in [0, 0.05) is 11.6 Å². The van der Waals surface area contributed by atoms with Crippen LogP contribution < -0.4 is 15.4 Å². The molecule has 2 atom stereocenters. The van der Waals surface area contributed by atoms with E-state index in [-0.39, 0.29) is 16.4 Å². The molecule has 0 fully saturated rings. The third kappa shape index (κ3) is 5.74. The van der Waals surface area contributed by atoms with Crippen molar-refractivity contribution < 1.29 is 28.2 Å². The zero-order valence-corrected chi connectivity index (χ0v) is 19.3. The average molecular weight is 484 g/mol. The number of hydrogen-bond acceptors (Lipinski definition) is 7. The molecule has 0 saturated heterocycles. The maximum absolute atomic E-state index is 13.1. The van der Waals surface area contributed by atoms with Crippen molar-refractivity contribution in [2.75, 3.05) is 24.8 Å². The molecule has 3 rings (SSSR count). The quantitative estimate of drug-likeness (QED) is 0.437. The molecule has 0 bridgehead atoms. The first-order valence-electron chi connectivity index (χ1n) is 10.3. The number of nitrogens with one attached hydrogen (secondary N) is 2. The van der Waals surface area contributed by atoms with E-state index in [1.54, 1.807) is 24.3 Å². The maximum Gasteiger partial charge on any atom is 0.319 e. The van der Waals surface area contributed by atoms with E-state index in [1.807, 2.05) is 6.92 Å². The molecule has 10 heteroatoms. The van der Waals surface area contributed by atoms with Crippen LogP contribution in [0.5, 0.6) is 5.75 Å². The minimum atomic E-state index is -1.27. The van der Waals surface area contributed by atoms with Gasteiger partial charge in [0.25, 0.3) is 0 Å². The van der Waals surface area contributed by atoms with Crippen molar-refractivity contribution in [3.8, 4) is 11.8 Å². The Morgan fingerprint density at radius 3 is 2.44 bits per heavy atom. The van der Waals surface area contributed by atoms with Gasteiger partial charge in [0.05, 0.1) is 36.1 Å². The van der Waals surface area contributed by atoms with Gasteiger partial charge in [-0.2, -0.15) is 5.26 Å². The summed E-state index contributed by atoms with van der Waals surface area (Å²) in [7, 11) is 1.17. The van der Waals surface area contributed by atoms with Crippen molar-refractivity contribution in [3.05, 3.63) is 70.5 Å². The largest absolute Gasteiger partial charge is 0.494 e. The first-order chi connectivity index (χ1) is 16.4. The second-order valence-electron chi connectivity index (χ2n) is 7.17. The summed E-state index contributed by atoms with van der Waals surface area (Å²) < 4.78 is 23.3. The smallest absolute Gasteiger partial charge is 0.319 e. The molecule has 1 aliphatic heterocycles. The number of carbonyl (C=O) groups is 3. The summed E-state index contributed by atoms with van der Waals surface area (Å²) in [6, 6.07) is 14.1. The maximum atomic E-state index is 13.1. The van der Waals surface area contributed by atoms with Crippen LogP contribution in [0.1, 0.15) is 18.4 Å². The predicted octanol–water partition coefficient (Wildman–Crippen LogP) is 3.33. The Morgan fingerprint density at radius 1 is 1.18 bits per heavy atom. The standard InChI is InChI=1S/C24H22FN3O5S/c1-3-33-17-10-4-14(5-11-17)20-18(12-26)23(28-22(30)21(20)24(31)32-2)34-13-19(29)27-16-8-6-15(25)7-9-16/h4-11,20-21H,3,13H2,1-2H3,(H,27,29)(H,28,30). The van der Waals surface area contributed by atoms with Crippen LogP contribution in [0.3, 0.4) is 0 Å². The highest BCUT2D eigenvalue weighted by atomic mass is 32.2. The second kappa shape index (κ2) is 11.3. The zero-order chi connectivity index (χ0) is 24.7. The molecular formula is C24H22FN3O5S. The van der Waals surface area contributed by atoms with Crippen molar-refractivity contribution in [2.45, 2.75) is 12.8 Å². The number of ether oxygens (including phenoxy) is 2. The Hall–Kier alpha value is -3.84. The molecule has 0 radical (unpaired) electrons. The molecule has 2 aromatic carbocycles. The molecule has 0 aliphatic carbocycles. The highest BCUT2D eigenvalue weighted by Crippen LogP contribution is 2.40. The molecule has 2 amide bonds. The summed E-state index contributed by atoms with van der Waals surface area (Å²) in [4.78, 5) is 37.7. The Labute approximate surface area is 200 Å². The van der Waals surface area contributed by atoms with E-state index < -0.39 is 35.4 Å². The third-order valence-electron chi connectivity index (χ3n) is 5.01. The van der Waals surface area contributed by atoms with E-state index in [0.29, 0.717) is 23.6 Å². The summed E-state index contributed by atoms with van der Waals surface area (Å²) in [5, 5.41) is 15.3. The zero-order valence-electron chi connectivity index (χ0n) is 18.5. The van der Waals surface area contributed by atoms with Crippen LogP contribution in [0.4, 0.5) is 10.1 Å². The number of esters is 1. The summed E-state index contributed by atoms with van der Waals surface area (Å²) >= 11 is 0.958. The number of anilines is 1. The number of halogens is 1. The van der Waals surface area contributed by atoms with Crippen molar-refractivity contribution in [1.29, 1.82) is 5.26 Å². The lowest BCUT2D eigenvalue weighted by Gasteiger charge is -2.31. The summed E-state index contributed by atoms with van der Waals surface area (Å²) in [5.74, 6) is -3.94. The Morgan fingerprint density at radius 2 is 1.85 bits per heavy atom. The van der Waals surface area contributed by atoms with E-state index >= 15 is 0 Å². The van der Waals surface area contributed by atoms with Crippen molar-refractivity contribution in [2.24, 2.45) is 5.92 Å². The van der Waals surface area contributed by atoms with Gasteiger partial charge in [0.1, 0.15) is 17.5 Å². The third-order valence-corrected chi connectivity index (χ3v) is 6.03. The van der Waals surface area contributed by atoms with Crippen molar-refractivity contribution >= 4 is 35.2 Å². The van der Waals surface area contributed by atoms with Gasteiger partial charge in [-0.05, 0) is 48.9 Å². The summed E-state index contributed by atoms with van der Waals surface area (Å²) in [5.41, 5.74) is 1.10. The molecule has 34 heavy (non-hydrogen) atoms. The molecule has 8 nitrogen and oxygen atoms in total. The minimum Gasteiger partial charge on any atom is -0.494 e. The lowest BCUT2D eigenvalue weighted by atomic mass is 9.78. The number of benzene rings is 2. The molecule has 0 spiro atoms. The first-order valence-corrected chi connectivity index (χ1v) is 11.3. The van der Waals surface area contributed by atoms with Gasteiger partial charge in [-0.3, -0.25) is 14.4 Å². The average Bonchev–Trinajstić information content (AvgIpc) is 2.84.